The van der Waals surface area contributed by atoms with Gasteiger partial charge in [0.2, 0.25) is 0 Å². The Labute approximate surface area is 517 Å². The molecule has 17 nitrogen and oxygen atoms in total. The fourth-order valence-corrected chi connectivity index (χ4v) is 11.3. The number of hydrogen-bond donors (Lipinski definition) is 3. The number of carbonyl (C=O) groups is 4. The Bertz CT molecular complexity index is 1690. The summed E-state index contributed by atoms with van der Waals surface area (Å²) in [5, 5.41) is 10.5. The van der Waals surface area contributed by atoms with Crippen LogP contribution in [0.3, 0.4) is 0 Å². The van der Waals surface area contributed by atoms with Gasteiger partial charge in [-0.3, -0.25) is 37.3 Å². The van der Waals surface area contributed by atoms with Gasteiger partial charge in [0.05, 0.1) is 26.4 Å². The van der Waals surface area contributed by atoms with Crippen LogP contribution in [0.25, 0.3) is 0 Å². The second-order valence-electron chi connectivity index (χ2n) is 24.8. The smallest absolute Gasteiger partial charge is 0.462 e. The highest BCUT2D eigenvalue weighted by atomic mass is 31.2. The first kappa shape index (κ1) is 83.1. The molecule has 0 aliphatic rings. The van der Waals surface area contributed by atoms with Crippen LogP contribution in [0.1, 0.15) is 325 Å². The van der Waals surface area contributed by atoms with Crippen molar-refractivity contribution in [3.8, 4) is 0 Å². The predicted molar refractivity (Wildman–Crippen MR) is 340 cm³/mol. The summed E-state index contributed by atoms with van der Waals surface area (Å²) in [6.45, 7) is 11.7. The number of ether oxygens (including phenoxy) is 4. The molecule has 0 fully saturated rings. The number of phosphoric ester groups is 2. The third-order valence-electron chi connectivity index (χ3n) is 15.9. The molecule has 0 aliphatic heterocycles. The van der Waals surface area contributed by atoms with Gasteiger partial charge >= 0.3 is 39.5 Å². The van der Waals surface area contributed by atoms with Crippen molar-refractivity contribution in [2.24, 2.45) is 17.8 Å². The number of carbonyl (C=O) groups excluding carboxylic acids is 4. The van der Waals surface area contributed by atoms with Gasteiger partial charge in [-0.05, 0) is 43.4 Å². The van der Waals surface area contributed by atoms with Crippen LogP contribution in [0.4, 0.5) is 0 Å². The number of phosphoric acid groups is 2. The Morgan fingerprint density at radius 1 is 0.341 bits per heavy atom. The Morgan fingerprint density at radius 3 is 0.894 bits per heavy atom. The number of unbranched alkanes of at least 4 members (excludes halogenated alkanes) is 30. The monoisotopic (exact) mass is 1250 g/mol. The molecule has 0 saturated heterocycles. The number of rotatable bonds is 64. The number of aliphatic hydroxyl groups excluding tert-OH is 1. The van der Waals surface area contributed by atoms with E-state index in [1.807, 2.05) is 0 Å². The van der Waals surface area contributed by atoms with Crippen LogP contribution in [0.5, 0.6) is 0 Å². The number of hydrogen-bond acceptors (Lipinski definition) is 15. The van der Waals surface area contributed by atoms with Crippen LogP contribution in [0.15, 0.2) is 0 Å². The normalized spacial score (nSPS) is 15.0. The SMILES string of the molecule is CCCCCCCCCCCCCCCCCC(=O)O[C@H](COC(=O)CCCCCCCCCC(C)C)COP(=O)(O)OC[C@@H](O)COP(=O)(O)OC[C@@H](COC(=O)CCCCCCCCC(C)CC)OC(=O)CCCCCCCCC(C)CC. The molecule has 0 aliphatic carbocycles. The van der Waals surface area contributed by atoms with Crippen LogP contribution < -0.4 is 0 Å². The summed E-state index contributed by atoms with van der Waals surface area (Å²) in [5.74, 6) is 0.0198. The lowest BCUT2D eigenvalue weighted by Gasteiger charge is -2.21. The second-order valence-corrected chi connectivity index (χ2v) is 27.7. The van der Waals surface area contributed by atoms with E-state index in [1.54, 1.807) is 0 Å². The molecule has 19 heteroatoms. The summed E-state index contributed by atoms with van der Waals surface area (Å²) in [6, 6.07) is 0. The lowest BCUT2D eigenvalue weighted by molar-refractivity contribution is -0.161. The Balaban J connectivity index is 5.24. The summed E-state index contributed by atoms with van der Waals surface area (Å²) in [6.07, 6.45) is 39.1. The molecular formula is C66H128O17P2. The van der Waals surface area contributed by atoms with Gasteiger partial charge in [-0.1, -0.05) is 273 Å². The van der Waals surface area contributed by atoms with Crippen molar-refractivity contribution in [1.29, 1.82) is 0 Å². The minimum atomic E-state index is -4.95. The molecule has 4 unspecified atom stereocenters. The van der Waals surface area contributed by atoms with Crippen molar-refractivity contribution in [2.45, 2.75) is 343 Å². The topological polar surface area (TPSA) is 237 Å². The summed E-state index contributed by atoms with van der Waals surface area (Å²) in [5.41, 5.74) is 0. The van der Waals surface area contributed by atoms with Crippen LogP contribution in [-0.2, 0) is 65.4 Å². The average molecular weight is 1260 g/mol. The molecule has 0 rings (SSSR count). The number of aliphatic hydroxyl groups is 1. The van der Waals surface area contributed by atoms with Crippen molar-refractivity contribution in [3.05, 3.63) is 0 Å². The quantitative estimate of drug-likeness (QED) is 0.0222. The molecule has 3 N–H and O–H groups in total. The molecule has 504 valence electrons. The standard InChI is InChI=1S/C66H128O17P2/c1-8-11-12-13-14-15-16-17-18-19-20-21-24-35-42-49-65(70)82-61(53-76-63(68)47-40-33-25-22-23-30-37-44-57(4)5)55-80-84(72,73)78-51-60(67)52-79-85(74,75)81-56-62(83-66(71)50-43-36-29-27-32-39-46-59(7)10-3)54-77-64(69)48-41-34-28-26-31-38-45-58(6)9-2/h57-62,67H,8-56H2,1-7H3,(H,72,73)(H,74,75)/t58?,59?,60-,61-,62-/m1/s1. The van der Waals surface area contributed by atoms with E-state index in [1.165, 1.54) is 122 Å². The van der Waals surface area contributed by atoms with E-state index in [4.69, 9.17) is 37.0 Å². The first-order chi connectivity index (χ1) is 40.8. The van der Waals surface area contributed by atoms with Crippen LogP contribution in [-0.4, -0.2) is 96.7 Å². The van der Waals surface area contributed by atoms with E-state index in [0.717, 1.165) is 115 Å². The molecule has 0 heterocycles. The molecule has 0 radical (unpaired) electrons. The lowest BCUT2D eigenvalue weighted by atomic mass is 10.00. The van der Waals surface area contributed by atoms with Gasteiger partial charge in [0.15, 0.2) is 12.2 Å². The van der Waals surface area contributed by atoms with Gasteiger partial charge in [-0.25, -0.2) is 9.13 Å². The van der Waals surface area contributed by atoms with Crippen molar-refractivity contribution in [2.75, 3.05) is 39.6 Å². The molecule has 0 spiro atoms. The van der Waals surface area contributed by atoms with Gasteiger partial charge in [0, 0.05) is 25.7 Å². The zero-order valence-electron chi connectivity index (χ0n) is 55.1. The van der Waals surface area contributed by atoms with Crippen molar-refractivity contribution >= 4 is 39.5 Å². The average Bonchev–Trinajstić information content (AvgIpc) is 3.61. The fourth-order valence-electron chi connectivity index (χ4n) is 9.77. The van der Waals surface area contributed by atoms with Crippen LogP contribution >= 0.6 is 15.6 Å². The van der Waals surface area contributed by atoms with Gasteiger partial charge in [0.1, 0.15) is 19.3 Å². The largest absolute Gasteiger partial charge is 0.472 e. The molecule has 85 heavy (non-hydrogen) atoms. The third kappa shape index (κ3) is 58.2. The second kappa shape index (κ2) is 57.2. The van der Waals surface area contributed by atoms with E-state index in [0.29, 0.717) is 31.6 Å². The van der Waals surface area contributed by atoms with E-state index < -0.39 is 97.5 Å². The third-order valence-corrected chi connectivity index (χ3v) is 17.8. The molecule has 0 aromatic carbocycles. The van der Waals surface area contributed by atoms with Gasteiger partial charge < -0.3 is 33.8 Å². The summed E-state index contributed by atoms with van der Waals surface area (Å²) >= 11 is 0. The van der Waals surface area contributed by atoms with E-state index in [2.05, 4.69) is 48.5 Å². The molecule has 0 bridgehead atoms. The highest BCUT2D eigenvalue weighted by Crippen LogP contribution is 2.45. The molecule has 0 aromatic heterocycles. The van der Waals surface area contributed by atoms with Crippen LogP contribution in [0.2, 0.25) is 0 Å². The summed E-state index contributed by atoms with van der Waals surface area (Å²) in [7, 11) is -9.89. The highest BCUT2D eigenvalue weighted by molar-refractivity contribution is 7.47. The number of esters is 4. The van der Waals surface area contributed by atoms with Gasteiger partial charge in [-0.2, -0.15) is 0 Å². The van der Waals surface area contributed by atoms with Crippen molar-refractivity contribution in [3.63, 3.8) is 0 Å². The fraction of sp³-hybridized carbons (Fsp3) is 0.939. The first-order valence-corrected chi connectivity index (χ1v) is 37.4. The van der Waals surface area contributed by atoms with E-state index in [9.17, 15) is 43.2 Å². The molecular weight excluding hydrogens is 1130 g/mol. The highest BCUT2D eigenvalue weighted by Gasteiger charge is 2.30. The minimum Gasteiger partial charge on any atom is -0.462 e. The zero-order valence-corrected chi connectivity index (χ0v) is 56.9. The zero-order chi connectivity index (χ0) is 63.1. The Hall–Kier alpha value is -1.94. The maximum absolute atomic E-state index is 13.0. The summed E-state index contributed by atoms with van der Waals surface area (Å²) < 4.78 is 68.1. The van der Waals surface area contributed by atoms with Gasteiger partial charge in [0.25, 0.3) is 0 Å². The molecule has 0 aromatic rings. The lowest BCUT2D eigenvalue weighted by Crippen LogP contribution is -2.30. The van der Waals surface area contributed by atoms with E-state index >= 15 is 0 Å². The summed E-state index contributed by atoms with van der Waals surface area (Å²) in [4.78, 5) is 72.3. The predicted octanol–water partition coefficient (Wildman–Crippen LogP) is 18.3. The first-order valence-electron chi connectivity index (χ1n) is 34.4. The maximum atomic E-state index is 13.0. The molecule has 7 atom stereocenters. The molecule has 0 saturated carbocycles. The maximum Gasteiger partial charge on any atom is 0.472 e. The van der Waals surface area contributed by atoms with Crippen molar-refractivity contribution in [1.82, 2.24) is 0 Å². The van der Waals surface area contributed by atoms with Crippen molar-refractivity contribution < 1.29 is 80.2 Å². The van der Waals surface area contributed by atoms with Gasteiger partial charge in [-0.15, -0.1) is 0 Å². The van der Waals surface area contributed by atoms with E-state index in [-0.39, 0.29) is 25.7 Å². The Morgan fingerprint density at radius 2 is 0.600 bits per heavy atom. The minimum absolute atomic E-state index is 0.102. The Kier molecular flexibility index (Phi) is 55.9. The van der Waals surface area contributed by atoms with Crippen LogP contribution in [0, 0.1) is 17.8 Å². The molecule has 0 amide bonds.